The van der Waals surface area contributed by atoms with Crippen LogP contribution in [0.2, 0.25) is 0 Å². The van der Waals surface area contributed by atoms with Gasteiger partial charge < -0.3 is 0 Å². The molecule has 0 bridgehead atoms. The quantitative estimate of drug-likeness (QED) is 0.561. The molecule has 58 valence electrons. The van der Waals surface area contributed by atoms with Crippen LogP contribution >= 0.6 is 0 Å². The van der Waals surface area contributed by atoms with Gasteiger partial charge in [-0.05, 0) is 12.5 Å². The molecule has 0 fully saturated rings. The van der Waals surface area contributed by atoms with Crippen LogP contribution < -0.4 is 0 Å². The van der Waals surface area contributed by atoms with E-state index >= 15 is 0 Å². The Morgan fingerprint density at radius 2 is 1.82 bits per heavy atom. The van der Waals surface area contributed by atoms with Crippen molar-refractivity contribution in [2.45, 2.75) is 19.8 Å². The van der Waals surface area contributed by atoms with E-state index in [-0.39, 0.29) is 0 Å². The van der Waals surface area contributed by atoms with E-state index in [0.717, 1.165) is 0 Å². The molecule has 0 heterocycles. The van der Waals surface area contributed by atoms with Gasteiger partial charge in [-0.1, -0.05) is 49.4 Å². The van der Waals surface area contributed by atoms with Gasteiger partial charge in [0.05, 0.1) is 0 Å². The molecule has 1 rings (SSSR count). The van der Waals surface area contributed by atoms with E-state index in [4.69, 9.17) is 0 Å². The van der Waals surface area contributed by atoms with Crippen molar-refractivity contribution in [3.63, 3.8) is 0 Å². The molecule has 0 aliphatic carbocycles. The molecule has 0 spiro atoms. The monoisotopic (exact) mass is 146 g/mol. The summed E-state index contributed by atoms with van der Waals surface area (Å²) in [6, 6.07) is 10.4. The summed E-state index contributed by atoms with van der Waals surface area (Å²) in [4.78, 5) is 0. The van der Waals surface area contributed by atoms with Crippen molar-refractivity contribution >= 4 is 0 Å². The largest absolute Gasteiger partial charge is 0.0995 e. The minimum atomic E-state index is 0.483. The van der Waals surface area contributed by atoms with Crippen LogP contribution in [0.25, 0.3) is 0 Å². The van der Waals surface area contributed by atoms with Crippen molar-refractivity contribution in [1.82, 2.24) is 0 Å². The maximum Gasteiger partial charge on any atom is 0.00143 e. The lowest BCUT2D eigenvalue weighted by Gasteiger charge is -2.10. The van der Waals surface area contributed by atoms with Crippen LogP contribution in [-0.4, -0.2) is 0 Å². The summed E-state index contributed by atoms with van der Waals surface area (Å²) in [5, 5.41) is 0. The van der Waals surface area contributed by atoms with Gasteiger partial charge in [-0.2, -0.15) is 0 Å². The van der Waals surface area contributed by atoms with E-state index < -0.39 is 0 Å². The first-order valence-electron chi connectivity index (χ1n) is 3.92. The van der Waals surface area contributed by atoms with Crippen molar-refractivity contribution in [3.8, 4) is 0 Å². The highest BCUT2D eigenvalue weighted by atomic mass is 14.1. The first kappa shape index (κ1) is 8.06. The second kappa shape index (κ2) is 3.38. The summed E-state index contributed by atoms with van der Waals surface area (Å²) in [5.41, 5.74) is 2.57. The molecule has 0 saturated carbocycles. The van der Waals surface area contributed by atoms with Gasteiger partial charge in [-0.3, -0.25) is 0 Å². The average Bonchev–Trinajstić information content (AvgIpc) is 2.05. The Morgan fingerprint density at radius 3 is 2.27 bits per heavy atom. The molecule has 0 aliphatic rings. The lowest BCUT2D eigenvalue weighted by atomic mass is 9.95. The Balaban J connectivity index is 2.85. The predicted molar refractivity (Wildman–Crippen MR) is 49.7 cm³/mol. The molecule has 1 aromatic carbocycles. The fraction of sp³-hybridized carbons (Fsp3) is 0.273. The summed E-state index contributed by atoms with van der Waals surface area (Å²) in [7, 11) is 0. The molecule has 1 aromatic rings. The second-order valence-corrected chi connectivity index (χ2v) is 2.98. The van der Waals surface area contributed by atoms with E-state index in [9.17, 15) is 0 Å². The van der Waals surface area contributed by atoms with E-state index in [1.165, 1.54) is 11.1 Å². The molecular weight excluding hydrogens is 132 g/mol. The van der Waals surface area contributed by atoms with Gasteiger partial charge in [0, 0.05) is 5.92 Å². The molecule has 0 aromatic heterocycles. The molecule has 0 radical (unpaired) electrons. The van der Waals surface area contributed by atoms with E-state index in [1.54, 1.807) is 0 Å². The van der Waals surface area contributed by atoms with E-state index in [2.05, 4.69) is 44.7 Å². The average molecular weight is 146 g/mol. The third kappa shape index (κ3) is 1.94. The van der Waals surface area contributed by atoms with Crippen molar-refractivity contribution in [2.24, 2.45) is 0 Å². The normalized spacial score (nSPS) is 12.5. The maximum absolute atomic E-state index is 3.93. The molecule has 0 N–H and O–H groups in total. The lowest BCUT2D eigenvalue weighted by Crippen LogP contribution is -1.92. The van der Waals surface area contributed by atoms with Gasteiger partial charge in [0.2, 0.25) is 0 Å². The summed E-state index contributed by atoms with van der Waals surface area (Å²) >= 11 is 0. The number of rotatable bonds is 2. The Bertz CT molecular complexity index is 233. The van der Waals surface area contributed by atoms with Crippen molar-refractivity contribution in [2.75, 3.05) is 0 Å². The van der Waals surface area contributed by atoms with Crippen LogP contribution in [0.15, 0.2) is 42.5 Å². The maximum atomic E-state index is 3.93. The van der Waals surface area contributed by atoms with Crippen molar-refractivity contribution in [3.05, 3.63) is 48.0 Å². The predicted octanol–water partition coefficient (Wildman–Crippen LogP) is 3.37. The zero-order valence-corrected chi connectivity index (χ0v) is 7.17. The highest BCUT2D eigenvalue weighted by Crippen LogP contribution is 2.20. The number of hydrogen-bond acceptors (Lipinski definition) is 0. The Labute approximate surface area is 68.6 Å². The second-order valence-electron chi connectivity index (χ2n) is 2.98. The SMILES string of the molecule is C=C(C)[C@H](C)c1ccccc1. The van der Waals surface area contributed by atoms with Crippen LogP contribution in [0, 0.1) is 0 Å². The summed E-state index contributed by atoms with van der Waals surface area (Å²) in [5.74, 6) is 0.483. The molecule has 0 heteroatoms. The molecular formula is C11H14. The highest BCUT2D eigenvalue weighted by molar-refractivity contribution is 5.25. The summed E-state index contributed by atoms with van der Waals surface area (Å²) in [6.45, 7) is 8.18. The third-order valence-corrected chi connectivity index (χ3v) is 2.04. The summed E-state index contributed by atoms with van der Waals surface area (Å²) < 4.78 is 0. The fourth-order valence-electron chi connectivity index (χ4n) is 1.03. The van der Waals surface area contributed by atoms with Crippen molar-refractivity contribution < 1.29 is 0 Å². The van der Waals surface area contributed by atoms with Crippen LogP contribution in [0.1, 0.15) is 25.3 Å². The minimum Gasteiger partial charge on any atom is -0.0995 e. The van der Waals surface area contributed by atoms with E-state index in [0.29, 0.717) is 5.92 Å². The third-order valence-electron chi connectivity index (χ3n) is 2.04. The van der Waals surface area contributed by atoms with Gasteiger partial charge in [-0.15, -0.1) is 0 Å². The number of hydrogen-bond donors (Lipinski definition) is 0. The van der Waals surface area contributed by atoms with E-state index in [1.807, 2.05) is 6.07 Å². The lowest BCUT2D eigenvalue weighted by molar-refractivity contribution is 0.899. The molecule has 0 nitrogen and oxygen atoms in total. The zero-order valence-electron chi connectivity index (χ0n) is 7.17. The Hall–Kier alpha value is -1.04. The Morgan fingerprint density at radius 1 is 1.27 bits per heavy atom. The smallest absolute Gasteiger partial charge is 0.00143 e. The highest BCUT2D eigenvalue weighted by Gasteiger charge is 2.03. The van der Waals surface area contributed by atoms with Crippen LogP contribution in [0.4, 0.5) is 0 Å². The topological polar surface area (TPSA) is 0 Å². The molecule has 0 aliphatic heterocycles. The van der Waals surface area contributed by atoms with Gasteiger partial charge in [-0.25, -0.2) is 0 Å². The molecule has 1 atom stereocenters. The first-order valence-corrected chi connectivity index (χ1v) is 3.92. The van der Waals surface area contributed by atoms with Gasteiger partial charge in [0.25, 0.3) is 0 Å². The van der Waals surface area contributed by atoms with Crippen molar-refractivity contribution in [1.29, 1.82) is 0 Å². The molecule has 0 amide bonds. The molecule has 11 heavy (non-hydrogen) atoms. The van der Waals surface area contributed by atoms with Crippen LogP contribution in [0.5, 0.6) is 0 Å². The van der Waals surface area contributed by atoms with Crippen LogP contribution in [-0.2, 0) is 0 Å². The summed E-state index contributed by atoms with van der Waals surface area (Å²) in [6.07, 6.45) is 0. The zero-order chi connectivity index (χ0) is 8.27. The number of benzene rings is 1. The molecule has 0 unspecified atom stereocenters. The van der Waals surface area contributed by atoms with Gasteiger partial charge >= 0.3 is 0 Å². The number of allylic oxidation sites excluding steroid dienone is 1. The fourth-order valence-corrected chi connectivity index (χ4v) is 1.03. The Kier molecular flexibility index (Phi) is 2.48. The standard InChI is InChI=1S/C11H14/c1-9(2)10(3)11-7-5-4-6-8-11/h4-8,10H,1H2,2-3H3/t10-/m0/s1. The minimum absolute atomic E-state index is 0.483. The van der Waals surface area contributed by atoms with Gasteiger partial charge in [0.15, 0.2) is 0 Å². The first-order chi connectivity index (χ1) is 5.22. The molecule has 0 saturated heterocycles. The van der Waals surface area contributed by atoms with Gasteiger partial charge in [0.1, 0.15) is 0 Å². The van der Waals surface area contributed by atoms with Crippen LogP contribution in [0.3, 0.4) is 0 Å².